The van der Waals surface area contributed by atoms with E-state index in [0.29, 0.717) is 11.5 Å². The normalized spacial score (nSPS) is 15.1. The largest absolute Gasteiger partial charge is 0.271 e. The van der Waals surface area contributed by atoms with E-state index in [1.54, 1.807) is 29.0 Å². The summed E-state index contributed by atoms with van der Waals surface area (Å²) in [5, 5.41) is 14.5. The van der Waals surface area contributed by atoms with Crippen LogP contribution in [0.1, 0.15) is 24.2 Å². The first-order valence-electron chi connectivity index (χ1n) is 9.43. The molecule has 0 saturated heterocycles. The Kier molecular flexibility index (Phi) is 3.29. The summed E-state index contributed by atoms with van der Waals surface area (Å²) in [6.45, 7) is 0. The van der Waals surface area contributed by atoms with Crippen molar-refractivity contribution < 1.29 is 4.39 Å². The van der Waals surface area contributed by atoms with Crippen molar-refractivity contribution in [2.45, 2.75) is 18.3 Å². The molecule has 7 heteroatoms. The Morgan fingerprint density at radius 1 is 0.931 bits per heavy atom. The van der Waals surface area contributed by atoms with Crippen LogP contribution in [0.25, 0.3) is 27.9 Å². The maximum atomic E-state index is 13.3. The van der Waals surface area contributed by atoms with Gasteiger partial charge in [0.2, 0.25) is 0 Å². The lowest BCUT2D eigenvalue weighted by molar-refractivity contribution is 0.628. The van der Waals surface area contributed by atoms with E-state index in [0.717, 1.165) is 35.1 Å². The fraction of sp³-hybridized carbons (Fsp3) is 0.136. The average molecular weight is 382 g/mol. The molecule has 0 radical (unpaired) electrons. The number of benzene rings is 2. The van der Waals surface area contributed by atoms with E-state index in [2.05, 4.69) is 38.4 Å². The first kappa shape index (κ1) is 16.2. The molecule has 29 heavy (non-hydrogen) atoms. The number of halogens is 1. The van der Waals surface area contributed by atoms with Crippen LogP contribution < -0.4 is 0 Å². The smallest absolute Gasteiger partial charge is 0.256 e. The third-order valence-electron chi connectivity index (χ3n) is 5.61. The summed E-state index contributed by atoms with van der Waals surface area (Å²) in [6, 6.07) is 16.6. The third kappa shape index (κ3) is 2.51. The SMILES string of the molecule is Fc1ccc(-c2cnc3nnc(C4(c5ccc6ncccc6c5)CC4)n3n2)cc1. The van der Waals surface area contributed by atoms with Gasteiger partial charge in [-0.05, 0) is 60.9 Å². The highest BCUT2D eigenvalue weighted by molar-refractivity contribution is 5.79. The van der Waals surface area contributed by atoms with E-state index in [-0.39, 0.29) is 11.2 Å². The van der Waals surface area contributed by atoms with E-state index < -0.39 is 0 Å². The number of hydrogen-bond donors (Lipinski definition) is 0. The van der Waals surface area contributed by atoms with Gasteiger partial charge < -0.3 is 0 Å². The minimum Gasteiger partial charge on any atom is -0.256 e. The van der Waals surface area contributed by atoms with Crippen molar-refractivity contribution in [3.63, 3.8) is 0 Å². The lowest BCUT2D eigenvalue weighted by Crippen LogP contribution is -2.15. The van der Waals surface area contributed by atoms with Crippen LogP contribution in [-0.4, -0.2) is 29.8 Å². The molecule has 5 aromatic rings. The van der Waals surface area contributed by atoms with Crippen LogP contribution in [0.4, 0.5) is 4.39 Å². The molecule has 6 rings (SSSR count). The van der Waals surface area contributed by atoms with Crippen LogP contribution >= 0.6 is 0 Å². The van der Waals surface area contributed by atoms with Crippen LogP contribution in [0.2, 0.25) is 0 Å². The standard InChI is InChI=1S/C22H15FN6/c23-17-6-3-14(4-7-17)19-13-25-21-27-26-20(29(21)28-19)22(9-10-22)16-5-8-18-15(12-16)2-1-11-24-18/h1-8,11-13H,9-10H2. The van der Waals surface area contributed by atoms with Gasteiger partial charge in [-0.1, -0.05) is 12.1 Å². The second-order valence-electron chi connectivity index (χ2n) is 7.38. The van der Waals surface area contributed by atoms with Crippen molar-refractivity contribution in [3.05, 3.63) is 84.2 Å². The molecule has 3 heterocycles. The Bertz CT molecular complexity index is 1370. The Morgan fingerprint density at radius 3 is 2.62 bits per heavy atom. The lowest BCUT2D eigenvalue weighted by atomic mass is 9.94. The van der Waals surface area contributed by atoms with Crippen molar-refractivity contribution in [1.29, 1.82) is 0 Å². The summed E-state index contributed by atoms with van der Waals surface area (Å²) in [5.74, 6) is 0.960. The van der Waals surface area contributed by atoms with Crippen LogP contribution in [0.15, 0.2) is 67.0 Å². The molecule has 1 aliphatic carbocycles. The molecule has 0 unspecified atom stereocenters. The summed E-state index contributed by atoms with van der Waals surface area (Å²) in [6.07, 6.45) is 5.39. The zero-order valence-electron chi connectivity index (χ0n) is 15.3. The summed E-state index contributed by atoms with van der Waals surface area (Å²) < 4.78 is 15.0. The molecule has 0 amide bonds. The first-order chi connectivity index (χ1) is 14.2. The minimum absolute atomic E-state index is 0.223. The minimum atomic E-state index is -0.282. The number of nitrogens with zero attached hydrogens (tertiary/aromatic N) is 6. The number of aromatic nitrogens is 6. The molecule has 1 fully saturated rings. The highest BCUT2D eigenvalue weighted by Crippen LogP contribution is 2.53. The van der Waals surface area contributed by atoms with Gasteiger partial charge in [-0.2, -0.15) is 9.61 Å². The number of fused-ring (bicyclic) bond motifs is 2. The Morgan fingerprint density at radius 2 is 1.79 bits per heavy atom. The Balaban J connectivity index is 1.49. The third-order valence-corrected chi connectivity index (χ3v) is 5.61. The van der Waals surface area contributed by atoms with Gasteiger partial charge in [-0.15, -0.1) is 10.2 Å². The number of rotatable bonds is 3. The molecule has 1 aliphatic rings. The fourth-order valence-electron chi connectivity index (χ4n) is 3.89. The fourth-order valence-corrected chi connectivity index (χ4v) is 3.89. The van der Waals surface area contributed by atoms with Crippen molar-refractivity contribution >= 4 is 16.7 Å². The van der Waals surface area contributed by atoms with E-state index >= 15 is 0 Å². The molecule has 6 nitrogen and oxygen atoms in total. The Hall–Kier alpha value is -3.74. The van der Waals surface area contributed by atoms with Gasteiger partial charge in [0.05, 0.1) is 17.1 Å². The molecule has 0 bridgehead atoms. The predicted octanol–water partition coefficient (Wildman–Crippen LogP) is 3.95. The van der Waals surface area contributed by atoms with Crippen molar-refractivity contribution in [2.24, 2.45) is 0 Å². The molecular weight excluding hydrogens is 367 g/mol. The summed E-state index contributed by atoms with van der Waals surface area (Å²) in [7, 11) is 0. The lowest BCUT2D eigenvalue weighted by Gasteiger charge is -2.14. The predicted molar refractivity (Wildman–Crippen MR) is 106 cm³/mol. The maximum absolute atomic E-state index is 13.3. The number of pyridine rings is 1. The molecule has 0 spiro atoms. The second-order valence-corrected chi connectivity index (χ2v) is 7.38. The van der Waals surface area contributed by atoms with Crippen LogP contribution in [0.3, 0.4) is 0 Å². The van der Waals surface area contributed by atoms with Crippen molar-refractivity contribution in [1.82, 2.24) is 29.8 Å². The highest BCUT2D eigenvalue weighted by atomic mass is 19.1. The monoisotopic (exact) mass is 382 g/mol. The Labute approximate surface area is 165 Å². The summed E-state index contributed by atoms with van der Waals surface area (Å²) >= 11 is 0. The number of hydrogen-bond acceptors (Lipinski definition) is 5. The molecule has 1 saturated carbocycles. The molecule has 3 aromatic heterocycles. The average Bonchev–Trinajstić information content (AvgIpc) is 3.46. The molecule has 0 N–H and O–H groups in total. The van der Waals surface area contributed by atoms with Crippen LogP contribution in [0, 0.1) is 5.82 Å². The summed E-state index contributed by atoms with van der Waals surface area (Å²) in [4.78, 5) is 8.82. The zero-order chi connectivity index (χ0) is 19.4. The van der Waals surface area contributed by atoms with Crippen LogP contribution in [0.5, 0.6) is 0 Å². The first-order valence-corrected chi connectivity index (χ1v) is 9.43. The van der Waals surface area contributed by atoms with E-state index in [4.69, 9.17) is 5.10 Å². The van der Waals surface area contributed by atoms with Gasteiger partial charge >= 0.3 is 0 Å². The van der Waals surface area contributed by atoms with Gasteiger partial charge in [-0.3, -0.25) is 4.98 Å². The van der Waals surface area contributed by atoms with Crippen LogP contribution in [-0.2, 0) is 5.41 Å². The van der Waals surface area contributed by atoms with E-state index in [9.17, 15) is 4.39 Å². The van der Waals surface area contributed by atoms with Gasteiger partial charge in [0.25, 0.3) is 5.78 Å². The van der Waals surface area contributed by atoms with Gasteiger partial charge in [0, 0.05) is 17.1 Å². The zero-order valence-corrected chi connectivity index (χ0v) is 15.3. The maximum Gasteiger partial charge on any atom is 0.271 e. The molecule has 140 valence electrons. The van der Waals surface area contributed by atoms with Gasteiger partial charge in [-0.25, -0.2) is 9.37 Å². The van der Waals surface area contributed by atoms with E-state index in [1.807, 2.05) is 12.1 Å². The van der Waals surface area contributed by atoms with Gasteiger partial charge in [0.1, 0.15) is 11.5 Å². The quantitative estimate of drug-likeness (QED) is 0.473. The molecule has 0 atom stereocenters. The molecule has 0 aliphatic heterocycles. The molecule has 2 aromatic carbocycles. The summed E-state index contributed by atoms with van der Waals surface area (Å²) in [5.41, 5.74) is 3.37. The molecular formula is C22H15FN6. The topological polar surface area (TPSA) is 68.9 Å². The van der Waals surface area contributed by atoms with Crippen molar-refractivity contribution in [2.75, 3.05) is 0 Å². The second kappa shape index (κ2) is 5.88. The van der Waals surface area contributed by atoms with Crippen molar-refractivity contribution in [3.8, 4) is 11.3 Å². The highest BCUT2D eigenvalue weighted by Gasteiger charge is 2.50. The van der Waals surface area contributed by atoms with E-state index in [1.165, 1.54) is 17.7 Å². The van der Waals surface area contributed by atoms with Gasteiger partial charge in [0.15, 0.2) is 5.82 Å².